The van der Waals surface area contributed by atoms with E-state index in [-0.39, 0.29) is 11.8 Å². The molecule has 1 aliphatic heterocycles. The summed E-state index contributed by atoms with van der Waals surface area (Å²) in [5.41, 5.74) is 8.31. The summed E-state index contributed by atoms with van der Waals surface area (Å²) in [5, 5.41) is 17.9. The number of amidine groups is 1. The standard InChI is InChI=1S/C9H18N4O2/c1-6(9(14)15)12-13-4-2-7(3-5-13)8(10)11/h6-7,12H,2-5H2,1H3,(H3,10,11)(H,14,15). The minimum atomic E-state index is -0.858. The number of hydrogen-bond acceptors (Lipinski definition) is 4. The fraction of sp³-hybridized carbons (Fsp3) is 0.778. The maximum absolute atomic E-state index is 10.6. The van der Waals surface area contributed by atoms with Crippen LogP contribution in [-0.2, 0) is 4.79 Å². The van der Waals surface area contributed by atoms with Gasteiger partial charge in [-0.05, 0) is 19.8 Å². The first-order valence-electron chi connectivity index (χ1n) is 5.08. The van der Waals surface area contributed by atoms with Gasteiger partial charge in [0.1, 0.15) is 6.04 Å². The van der Waals surface area contributed by atoms with Crippen molar-refractivity contribution in [2.75, 3.05) is 13.1 Å². The van der Waals surface area contributed by atoms with Crippen molar-refractivity contribution in [3.05, 3.63) is 0 Å². The van der Waals surface area contributed by atoms with Crippen LogP contribution in [0.15, 0.2) is 0 Å². The van der Waals surface area contributed by atoms with Gasteiger partial charge in [-0.1, -0.05) is 0 Å². The lowest BCUT2D eigenvalue weighted by atomic mass is 9.97. The lowest BCUT2D eigenvalue weighted by Gasteiger charge is -2.32. The molecule has 15 heavy (non-hydrogen) atoms. The molecule has 0 aromatic carbocycles. The van der Waals surface area contributed by atoms with Crippen LogP contribution in [0.5, 0.6) is 0 Å². The van der Waals surface area contributed by atoms with Crippen LogP contribution in [0.1, 0.15) is 19.8 Å². The summed E-state index contributed by atoms with van der Waals surface area (Å²) in [7, 11) is 0. The summed E-state index contributed by atoms with van der Waals surface area (Å²) in [5.74, 6) is -0.465. The number of carboxylic acid groups (broad SMARTS) is 1. The highest BCUT2D eigenvalue weighted by Crippen LogP contribution is 2.15. The van der Waals surface area contributed by atoms with Crippen LogP contribution >= 0.6 is 0 Å². The molecule has 1 heterocycles. The average molecular weight is 214 g/mol. The number of nitrogens with zero attached hydrogens (tertiary/aromatic N) is 1. The number of hydrazine groups is 1. The zero-order valence-electron chi connectivity index (χ0n) is 8.86. The maximum Gasteiger partial charge on any atom is 0.321 e. The monoisotopic (exact) mass is 214 g/mol. The van der Waals surface area contributed by atoms with E-state index < -0.39 is 12.0 Å². The van der Waals surface area contributed by atoms with Gasteiger partial charge in [0.05, 0.1) is 5.84 Å². The van der Waals surface area contributed by atoms with E-state index in [1.165, 1.54) is 0 Å². The molecular formula is C9H18N4O2. The van der Waals surface area contributed by atoms with Crippen molar-refractivity contribution in [1.29, 1.82) is 5.41 Å². The Morgan fingerprint density at radius 3 is 2.53 bits per heavy atom. The molecule has 1 unspecified atom stereocenters. The largest absolute Gasteiger partial charge is 0.480 e. The predicted molar refractivity (Wildman–Crippen MR) is 56.4 cm³/mol. The number of nitrogens with two attached hydrogens (primary N) is 1. The first-order valence-corrected chi connectivity index (χ1v) is 5.08. The SMILES string of the molecule is CC(NN1CCC(C(=N)N)CC1)C(=O)O. The Morgan fingerprint density at radius 2 is 2.13 bits per heavy atom. The van der Waals surface area contributed by atoms with Gasteiger partial charge >= 0.3 is 5.97 Å². The number of aliphatic carboxylic acids is 1. The number of carboxylic acids is 1. The molecule has 6 heteroatoms. The lowest BCUT2D eigenvalue weighted by Crippen LogP contribution is -2.51. The highest BCUT2D eigenvalue weighted by Gasteiger charge is 2.23. The molecule has 0 aromatic heterocycles. The third-order valence-electron chi connectivity index (χ3n) is 2.68. The Kier molecular flexibility index (Phi) is 4.05. The normalized spacial score (nSPS) is 21.1. The summed E-state index contributed by atoms with van der Waals surface area (Å²) in [6.45, 7) is 3.09. The van der Waals surface area contributed by atoms with Gasteiger partial charge in [0.2, 0.25) is 0 Å². The Morgan fingerprint density at radius 1 is 1.60 bits per heavy atom. The third-order valence-corrected chi connectivity index (χ3v) is 2.68. The number of nitrogens with one attached hydrogen (secondary N) is 2. The molecule has 1 atom stereocenters. The van der Waals surface area contributed by atoms with Gasteiger partial charge in [0.25, 0.3) is 0 Å². The van der Waals surface area contributed by atoms with Gasteiger partial charge < -0.3 is 10.8 Å². The molecule has 0 radical (unpaired) electrons. The fourth-order valence-corrected chi connectivity index (χ4v) is 1.65. The van der Waals surface area contributed by atoms with E-state index in [9.17, 15) is 4.79 Å². The predicted octanol–water partition coefficient (Wildman–Crippen LogP) is -0.388. The zero-order valence-corrected chi connectivity index (χ0v) is 8.86. The lowest BCUT2D eigenvalue weighted by molar-refractivity contribution is -0.140. The van der Waals surface area contributed by atoms with Crippen molar-refractivity contribution in [2.45, 2.75) is 25.8 Å². The summed E-state index contributed by atoms with van der Waals surface area (Å²) in [6.07, 6.45) is 1.63. The van der Waals surface area contributed by atoms with E-state index in [1.54, 1.807) is 6.92 Å². The van der Waals surface area contributed by atoms with Gasteiger partial charge in [0, 0.05) is 19.0 Å². The van der Waals surface area contributed by atoms with E-state index in [0.29, 0.717) is 0 Å². The molecule has 6 nitrogen and oxygen atoms in total. The molecule has 0 amide bonds. The van der Waals surface area contributed by atoms with Crippen LogP contribution in [0, 0.1) is 11.3 Å². The Hall–Kier alpha value is -1.14. The zero-order chi connectivity index (χ0) is 11.4. The Labute approximate surface area is 88.9 Å². The second-order valence-corrected chi connectivity index (χ2v) is 3.91. The first kappa shape index (κ1) is 11.9. The number of hydrogen-bond donors (Lipinski definition) is 4. The van der Waals surface area contributed by atoms with Crippen molar-refractivity contribution >= 4 is 11.8 Å². The fourth-order valence-electron chi connectivity index (χ4n) is 1.65. The Bertz CT molecular complexity index is 248. The van der Waals surface area contributed by atoms with Gasteiger partial charge in [-0.3, -0.25) is 10.2 Å². The quantitative estimate of drug-likeness (QED) is 0.377. The van der Waals surface area contributed by atoms with Crippen LogP contribution in [-0.4, -0.2) is 41.1 Å². The summed E-state index contributed by atoms with van der Waals surface area (Å²) < 4.78 is 0. The van der Waals surface area contributed by atoms with Gasteiger partial charge in [-0.2, -0.15) is 0 Å². The van der Waals surface area contributed by atoms with Crippen molar-refractivity contribution in [2.24, 2.45) is 11.7 Å². The van der Waals surface area contributed by atoms with Crippen molar-refractivity contribution in [3.63, 3.8) is 0 Å². The molecule has 0 aromatic rings. The highest BCUT2D eigenvalue weighted by molar-refractivity contribution is 5.79. The van der Waals surface area contributed by atoms with Crippen molar-refractivity contribution in [1.82, 2.24) is 10.4 Å². The summed E-state index contributed by atoms with van der Waals surface area (Å²) in [4.78, 5) is 10.6. The molecule has 1 aliphatic rings. The molecule has 0 spiro atoms. The summed E-state index contributed by atoms with van der Waals surface area (Å²) in [6, 6.07) is -0.570. The van der Waals surface area contributed by atoms with Crippen LogP contribution < -0.4 is 11.2 Å². The molecule has 0 saturated carbocycles. The van der Waals surface area contributed by atoms with E-state index >= 15 is 0 Å². The number of carbonyl (C=O) groups is 1. The van der Waals surface area contributed by atoms with Gasteiger partial charge in [-0.25, -0.2) is 10.4 Å². The third kappa shape index (κ3) is 3.49. The van der Waals surface area contributed by atoms with Gasteiger partial charge in [0.15, 0.2) is 0 Å². The first-order chi connectivity index (χ1) is 7.00. The minimum Gasteiger partial charge on any atom is -0.480 e. The molecule has 1 rings (SSSR count). The van der Waals surface area contributed by atoms with Gasteiger partial charge in [-0.15, -0.1) is 0 Å². The molecule has 0 bridgehead atoms. The van der Waals surface area contributed by atoms with E-state index in [2.05, 4.69) is 5.43 Å². The van der Waals surface area contributed by atoms with Crippen LogP contribution in [0.2, 0.25) is 0 Å². The van der Waals surface area contributed by atoms with Crippen LogP contribution in [0.25, 0.3) is 0 Å². The van der Waals surface area contributed by atoms with Crippen molar-refractivity contribution < 1.29 is 9.90 Å². The Balaban J connectivity index is 2.31. The molecule has 1 fully saturated rings. The van der Waals surface area contributed by atoms with Crippen molar-refractivity contribution in [3.8, 4) is 0 Å². The second-order valence-electron chi connectivity index (χ2n) is 3.91. The van der Waals surface area contributed by atoms with E-state index in [4.69, 9.17) is 16.2 Å². The molecule has 1 saturated heterocycles. The number of piperidine rings is 1. The molecule has 0 aliphatic carbocycles. The smallest absolute Gasteiger partial charge is 0.321 e. The number of rotatable bonds is 4. The minimum absolute atomic E-state index is 0.156. The van der Waals surface area contributed by atoms with E-state index in [0.717, 1.165) is 25.9 Å². The molecule has 86 valence electrons. The topological polar surface area (TPSA) is 102 Å². The second kappa shape index (κ2) is 5.09. The van der Waals surface area contributed by atoms with E-state index in [1.807, 2.05) is 5.01 Å². The van der Waals surface area contributed by atoms with Crippen LogP contribution in [0.3, 0.4) is 0 Å². The average Bonchev–Trinajstić information content (AvgIpc) is 2.18. The van der Waals surface area contributed by atoms with Crippen LogP contribution in [0.4, 0.5) is 0 Å². The maximum atomic E-state index is 10.6. The summed E-state index contributed by atoms with van der Waals surface area (Å²) >= 11 is 0. The molecular weight excluding hydrogens is 196 g/mol. The highest BCUT2D eigenvalue weighted by atomic mass is 16.4. The molecule has 5 N–H and O–H groups in total.